The summed E-state index contributed by atoms with van der Waals surface area (Å²) in [6, 6.07) is 15.0. The number of nitrogens with one attached hydrogen (secondary N) is 1. The van der Waals surface area contributed by atoms with Crippen LogP contribution in [0.25, 0.3) is 0 Å². The zero-order chi connectivity index (χ0) is 22.2. The SMILES string of the molecule is CCCCCCCCCCCCOc1ccc(CC(=O)Nc2cccc(CO)c2)cc1. The molecule has 0 bridgehead atoms. The van der Waals surface area contributed by atoms with Crippen LogP contribution in [0.4, 0.5) is 5.69 Å². The van der Waals surface area contributed by atoms with Crippen molar-refractivity contribution in [3.8, 4) is 5.75 Å². The number of unbranched alkanes of at least 4 members (excludes halogenated alkanes) is 9. The van der Waals surface area contributed by atoms with Crippen LogP contribution in [0.3, 0.4) is 0 Å². The highest BCUT2D eigenvalue weighted by Gasteiger charge is 2.05. The molecule has 0 radical (unpaired) electrons. The van der Waals surface area contributed by atoms with Crippen molar-refractivity contribution in [2.75, 3.05) is 11.9 Å². The normalized spacial score (nSPS) is 10.8. The molecule has 0 spiro atoms. The summed E-state index contributed by atoms with van der Waals surface area (Å²) in [5.74, 6) is 0.782. The molecule has 0 aliphatic rings. The van der Waals surface area contributed by atoms with E-state index in [-0.39, 0.29) is 12.5 Å². The van der Waals surface area contributed by atoms with E-state index in [2.05, 4.69) is 12.2 Å². The number of aliphatic hydroxyl groups excluding tert-OH is 1. The van der Waals surface area contributed by atoms with Crippen molar-refractivity contribution < 1.29 is 14.6 Å². The van der Waals surface area contributed by atoms with E-state index >= 15 is 0 Å². The number of benzene rings is 2. The number of carbonyl (C=O) groups excluding carboxylic acids is 1. The number of rotatable bonds is 16. The Bertz CT molecular complexity index is 742. The topological polar surface area (TPSA) is 58.6 Å². The van der Waals surface area contributed by atoms with Crippen molar-refractivity contribution in [1.29, 1.82) is 0 Å². The van der Waals surface area contributed by atoms with Gasteiger partial charge in [-0.2, -0.15) is 0 Å². The minimum absolute atomic E-state index is 0.0374. The lowest BCUT2D eigenvalue weighted by molar-refractivity contribution is -0.115. The molecule has 0 aliphatic carbocycles. The van der Waals surface area contributed by atoms with Gasteiger partial charge in [-0.05, 0) is 41.8 Å². The maximum Gasteiger partial charge on any atom is 0.228 e. The van der Waals surface area contributed by atoms with Gasteiger partial charge in [0.15, 0.2) is 0 Å². The second-order valence-corrected chi connectivity index (χ2v) is 8.26. The third kappa shape index (κ3) is 11.0. The predicted molar refractivity (Wildman–Crippen MR) is 128 cm³/mol. The van der Waals surface area contributed by atoms with E-state index in [1.54, 1.807) is 6.07 Å². The van der Waals surface area contributed by atoms with Gasteiger partial charge in [-0.25, -0.2) is 0 Å². The monoisotopic (exact) mass is 425 g/mol. The standard InChI is InChI=1S/C27H39NO3/c1-2-3-4-5-6-7-8-9-10-11-19-31-26-17-15-23(16-18-26)21-27(30)28-25-14-12-13-24(20-25)22-29/h12-18,20,29H,2-11,19,21-22H2,1H3,(H,28,30). The molecule has 0 aliphatic heterocycles. The van der Waals surface area contributed by atoms with Gasteiger partial charge in [0.1, 0.15) is 5.75 Å². The number of anilines is 1. The molecular formula is C27H39NO3. The second-order valence-electron chi connectivity index (χ2n) is 8.26. The molecule has 4 nitrogen and oxygen atoms in total. The molecule has 0 saturated heterocycles. The van der Waals surface area contributed by atoms with Gasteiger partial charge in [0.05, 0.1) is 19.6 Å². The summed E-state index contributed by atoms with van der Waals surface area (Å²) < 4.78 is 5.83. The largest absolute Gasteiger partial charge is 0.494 e. The van der Waals surface area contributed by atoms with Gasteiger partial charge in [-0.15, -0.1) is 0 Å². The molecule has 0 saturated carbocycles. The number of hydrogen-bond donors (Lipinski definition) is 2. The van der Waals surface area contributed by atoms with Crippen LogP contribution in [-0.2, 0) is 17.8 Å². The quantitative estimate of drug-likeness (QED) is 0.296. The fourth-order valence-corrected chi connectivity index (χ4v) is 3.62. The summed E-state index contributed by atoms with van der Waals surface area (Å²) in [6.07, 6.45) is 13.5. The number of amides is 1. The molecule has 2 rings (SSSR count). The van der Waals surface area contributed by atoms with Crippen molar-refractivity contribution in [1.82, 2.24) is 0 Å². The lowest BCUT2D eigenvalue weighted by atomic mass is 10.1. The van der Waals surface area contributed by atoms with Crippen LogP contribution in [0.15, 0.2) is 48.5 Å². The molecule has 0 aromatic heterocycles. The molecule has 170 valence electrons. The molecule has 1 amide bonds. The van der Waals surface area contributed by atoms with Gasteiger partial charge in [-0.1, -0.05) is 89.0 Å². The number of aliphatic hydroxyl groups is 1. The van der Waals surface area contributed by atoms with Crippen molar-refractivity contribution in [3.63, 3.8) is 0 Å². The van der Waals surface area contributed by atoms with Crippen LogP contribution >= 0.6 is 0 Å². The van der Waals surface area contributed by atoms with Crippen molar-refractivity contribution in [3.05, 3.63) is 59.7 Å². The Kier molecular flexibility index (Phi) is 12.4. The van der Waals surface area contributed by atoms with Crippen LogP contribution in [-0.4, -0.2) is 17.6 Å². The fourth-order valence-electron chi connectivity index (χ4n) is 3.62. The first-order valence-corrected chi connectivity index (χ1v) is 11.9. The maximum atomic E-state index is 12.2. The highest BCUT2D eigenvalue weighted by Crippen LogP contribution is 2.16. The highest BCUT2D eigenvalue weighted by atomic mass is 16.5. The molecular weight excluding hydrogens is 386 g/mol. The van der Waals surface area contributed by atoms with E-state index in [1.165, 1.54) is 57.8 Å². The lowest BCUT2D eigenvalue weighted by Gasteiger charge is -2.09. The number of carbonyl (C=O) groups is 1. The van der Waals surface area contributed by atoms with E-state index in [1.807, 2.05) is 42.5 Å². The van der Waals surface area contributed by atoms with Crippen LogP contribution in [0, 0.1) is 0 Å². The summed E-state index contributed by atoms with van der Waals surface area (Å²) in [5.41, 5.74) is 2.43. The van der Waals surface area contributed by atoms with E-state index in [9.17, 15) is 9.90 Å². The Labute approximate surface area is 188 Å². The minimum atomic E-state index is -0.0749. The second kappa shape index (κ2) is 15.5. The van der Waals surface area contributed by atoms with Gasteiger partial charge in [0.25, 0.3) is 0 Å². The van der Waals surface area contributed by atoms with Gasteiger partial charge < -0.3 is 15.2 Å². The van der Waals surface area contributed by atoms with Crippen LogP contribution < -0.4 is 10.1 Å². The minimum Gasteiger partial charge on any atom is -0.494 e. The summed E-state index contributed by atoms with van der Waals surface area (Å²) in [4.78, 5) is 12.2. The molecule has 0 atom stereocenters. The predicted octanol–water partition coefficient (Wildman–Crippen LogP) is 6.66. The van der Waals surface area contributed by atoms with E-state index < -0.39 is 0 Å². The van der Waals surface area contributed by atoms with Gasteiger partial charge in [0, 0.05) is 5.69 Å². The fraction of sp³-hybridized carbons (Fsp3) is 0.519. The third-order valence-corrected chi connectivity index (χ3v) is 5.45. The maximum absolute atomic E-state index is 12.2. The molecule has 4 heteroatoms. The molecule has 0 heterocycles. The Balaban J connectivity index is 1.56. The molecule has 0 unspecified atom stereocenters. The summed E-state index contributed by atoms with van der Waals surface area (Å²) in [6.45, 7) is 2.97. The first-order chi connectivity index (χ1) is 15.2. The van der Waals surface area contributed by atoms with Gasteiger partial charge in [-0.3, -0.25) is 4.79 Å². The molecule has 2 aromatic rings. The number of hydrogen-bond acceptors (Lipinski definition) is 3. The van der Waals surface area contributed by atoms with Crippen LogP contribution in [0.5, 0.6) is 5.75 Å². The average molecular weight is 426 g/mol. The van der Waals surface area contributed by atoms with Gasteiger partial charge >= 0.3 is 0 Å². The summed E-state index contributed by atoms with van der Waals surface area (Å²) in [5, 5.41) is 12.1. The van der Waals surface area contributed by atoms with Crippen molar-refractivity contribution in [2.45, 2.75) is 84.2 Å². The number of ether oxygens (including phenoxy) is 1. The molecule has 2 N–H and O–H groups in total. The Morgan fingerprint density at radius 1 is 0.839 bits per heavy atom. The van der Waals surface area contributed by atoms with E-state index in [0.717, 1.165) is 29.9 Å². The average Bonchev–Trinajstić information content (AvgIpc) is 2.78. The Morgan fingerprint density at radius 3 is 2.13 bits per heavy atom. The summed E-state index contributed by atoms with van der Waals surface area (Å²) in [7, 11) is 0. The van der Waals surface area contributed by atoms with Crippen LogP contribution in [0.2, 0.25) is 0 Å². The van der Waals surface area contributed by atoms with Crippen LogP contribution in [0.1, 0.15) is 82.3 Å². The van der Waals surface area contributed by atoms with Crippen molar-refractivity contribution >= 4 is 11.6 Å². The van der Waals surface area contributed by atoms with E-state index in [4.69, 9.17) is 4.74 Å². The van der Waals surface area contributed by atoms with Gasteiger partial charge in [0.2, 0.25) is 5.91 Å². The molecule has 0 fully saturated rings. The zero-order valence-corrected chi connectivity index (χ0v) is 19.1. The first kappa shape index (κ1) is 24.9. The zero-order valence-electron chi connectivity index (χ0n) is 19.1. The lowest BCUT2D eigenvalue weighted by Crippen LogP contribution is -2.14. The highest BCUT2D eigenvalue weighted by molar-refractivity contribution is 5.92. The Hall–Kier alpha value is -2.33. The molecule has 2 aromatic carbocycles. The Morgan fingerprint density at radius 2 is 1.48 bits per heavy atom. The smallest absolute Gasteiger partial charge is 0.228 e. The first-order valence-electron chi connectivity index (χ1n) is 11.9. The third-order valence-electron chi connectivity index (χ3n) is 5.45. The van der Waals surface area contributed by atoms with Crippen molar-refractivity contribution in [2.24, 2.45) is 0 Å². The van der Waals surface area contributed by atoms with E-state index in [0.29, 0.717) is 12.1 Å². The summed E-state index contributed by atoms with van der Waals surface area (Å²) >= 11 is 0. The molecule has 31 heavy (non-hydrogen) atoms.